The summed E-state index contributed by atoms with van der Waals surface area (Å²) in [6, 6.07) is 17.1. The molecule has 0 saturated carbocycles. The van der Waals surface area contributed by atoms with E-state index in [9.17, 15) is 4.79 Å². The first-order valence-corrected chi connectivity index (χ1v) is 9.15. The van der Waals surface area contributed by atoms with E-state index in [1.165, 1.54) is 0 Å². The van der Waals surface area contributed by atoms with Gasteiger partial charge in [-0.15, -0.1) is 0 Å². The second-order valence-corrected chi connectivity index (χ2v) is 6.75. The molecule has 0 atom stereocenters. The van der Waals surface area contributed by atoms with Crippen LogP contribution in [0.3, 0.4) is 0 Å². The number of amides is 1. The molecule has 1 saturated heterocycles. The van der Waals surface area contributed by atoms with E-state index in [2.05, 4.69) is 10.1 Å². The summed E-state index contributed by atoms with van der Waals surface area (Å²) >= 11 is 0. The Balaban J connectivity index is 1.22. The second kappa shape index (κ2) is 8.12. The van der Waals surface area contributed by atoms with Gasteiger partial charge in [-0.1, -0.05) is 41.1 Å². The molecular weight excluding hydrogens is 358 g/mol. The zero-order valence-corrected chi connectivity index (χ0v) is 15.6. The molecule has 0 unspecified atom stereocenters. The van der Waals surface area contributed by atoms with E-state index >= 15 is 0 Å². The lowest BCUT2D eigenvalue weighted by molar-refractivity contribution is -0.138. The first-order chi connectivity index (χ1) is 13.7. The Morgan fingerprint density at radius 1 is 1.07 bits per heavy atom. The van der Waals surface area contributed by atoms with Crippen LogP contribution in [-0.2, 0) is 11.4 Å². The van der Waals surface area contributed by atoms with Crippen LogP contribution in [0.4, 0.5) is 0 Å². The zero-order chi connectivity index (χ0) is 19.3. The molecule has 1 aromatic heterocycles. The minimum Gasteiger partial charge on any atom is -0.484 e. The van der Waals surface area contributed by atoms with Crippen molar-refractivity contribution in [3.63, 3.8) is 0 Å². The summed E-state index contributed by atoms with van der Waals surface area (Å²) in [5, 5.41) is 4.01. The van der Waals surface area contributed by atoms with Gasteiger partial charge in [0, 0.05) is 13.1 Å². The van der Waals surface area contributed by atoms with Crippen molar-refractivity contribution in [2.45, 2.75) is 19.4 Å². The van der Waals surface area contributed by atoms with Gasteiger partial charge in [-0.2, -0.15) is 4.98 Å². The molecule has 0 radical (unpaired) electrons. The van der Waals surface area contributed by atoms with E-state index in [-0.39, 0.29) is 25.0 Å². The molecule has 1 aliphatic heterocycles. The van der Waals surface area contributed by atoms with Crippen molar-refractivity contribution in [2.75, 3.05) is 19.7 Å². The molecule has 144 valence electrons. The fourth-order valence-corrected chi connectivity index (χ4v) is 2.87. The summed E-state index contributed by atoms with van der Waals surface area (Å²) in [6.45, 7) is 3.38. The van der Waals surface area contributed by atoms with E-state index in [0.717, 1.165) is 11.3 Å². The molecule has 2 aromatic carbocycles. The highest BCUT2D eigenvalue weighted by atomic mass is 16.5. The number of rotatable bonds is 7. The van der Waals surface area contributed by atoms with Gasteiger partial charge >= 0.3 is 0 Å². The zero-order valence-electron chi connectivity index (χ0n) is 15.6. The van der Waals surface area contributed by atoms with Crippen LogP contribution >= 0.6 is 0 Å². The lowest BCUT2D eigenvalue weighted by atomic mass is 9.99. The minimum atomic E-state index is -0.0482. The van der Waals surface area contributed by atoms with E-state index in [4.69, 9.17) is 14.0 Å². The molecular formula is C21H21N3O4. The Morgan fingerprint density at radius 3 is 2.54 bits per heavy atom. The van der Waals surface area contributed by atoms with Crippen LogP contribution in [0.5, 0.6) is 11.5 Å². The normalized spacial score (nSPS) is 13.8. The number of likely N-dealkylation sites (tertiary alicyclic amines) is 1. The Morgan fingerprint density at radius 2 is 1.79 bits per heavy atom. The van der Waals surface area contributed by atoms with Crippen molar-refractivity contribution < 1.29 is 18.8 Å². The Labute approximate surface area is 162 Å². The number of ether oxygens (including phenoxy) is 2. The third-order valence-electron chi connectivity index (χ3n) is 4.57. The molecule has 0 bridgehead atoms. The molecule has 4 rings (SSSR count). The summed E-state index contributed by atoms with van der Waals surface area (Å²) in [6.07, 6.45) is 0. The molecule has 0 N–H and O–H groups in total. The Bertz CT molecular complexity index is 918. The maximum atomic E-state index is 12.2. The van der Waals surface area contributed by atoms with E-state index in [1.54, 1.807) is 4.90 Å². The number of carbonyl (C=O) groups is 1. The van der Waals surface area contributed by atoms with Gasteiger partial charge in [0.05, 0.1) is 5.92 Å². The first kappa shape index (κ1) is 18.0. The van der Waals surface area contributed by atoms with Crippen molar-refractivity contribution in [1.29, 1.82) is 0 Å². The number of aromatic nitrogens is 2. The maximum Gasteiger partial charge on any atom is 0.264 e. The quantitative estimate of drug-likeness (QED) is 0.628. The van der Waals surface area contributed by atoms with Crippen LogP contribution in [0.1, 0.15) is 23.2 Å². The van der Waals surface area contributed by atoms with Crippen molar-refractivity contribution in [3.8, 4) is 11.5 Å². The monoisotopic (exact) mass is 379 g/mol. The van der Waals surface area contributed by atoms with Gasteiger partial charge in [0.25, 0.3) is 11.8 Å². The molecule has 0 aliphatic carbocycles. The average Bonchev–Trinajstić information content (AvgIpc) is 3.14. The number of carbonyl (C=O) groups excluding carboxylic acids is 1. The number of para-hydroxylation sites is 1. The molecule has 7 nitrogen and oxygen atoms in total. The summed E-state index contributed by atoms with van der Waals surface area (Å²) in [4.78, 5) is 18.3. The highest BCUT2D eigenvalue weighted by Crippen LogP contribution is 2.25. The number of benzene rings is 2. The molecule has 2 heterocycles. The lowest BCUT2D eigenvalue weighted by Gasteiger charge is -2.37. The van der Waals surface area contributed by atoms with Crippen molar-refractivity contribution in [2.24, 2.45) is 0 Å². The van der Waals surface area contributed by atoms with Crippen LogP contribution in [0.25, 0.3) is 0 Å². The Kier molecular flexibility index (Phi) is 5.23. The Hall–Kier alpha value is -3.35. The fraction of sp³-hybridized carbons (Fsp3) is 0.286. The third-order valence-corrected chi connectivity index (χ3v) is 4.57. The van der Waals surface area contributed by atoms with Crippen LogP contribution < -0.4 is 9.47 Å². The molecule has 3 aromatic rings. The summed E-state index contributed by atoms with van der Waals surface area (Å²) < 4.78 is 16.4. The predicted molar refractivity (Wildman–Crippen MR) is 101 cm³/mol. The number of hydrogen-bond donors (Lipinski definition) is 0. The fourth-order valence-electron chi connectivity index (χ4n) is 2.87. The maximum absolute atomic E-state index is 12.2. The summed E-state index contributed by atoms with van der Waals surface area (Å²) in [5.41, 5.74) is 1.15. The van der Waals surface area contributed by atoms with Crippen molar-refractivity contribution in [3.05, 3.63) is 71.9 Å². The molecule has 28 heavy (non-hydrogen) atoms. The number of aryl methyl sites for hydroxylation is 1. The molecule has 1 amide bonds. The van der Waals surface area contributed by atoms with Gasteiger partial charge in [0.2, 0.25) is 0 Å². The van der Waals surface area contributed by atoms with Gasteiger partial charge in [-0.25, -0.2) is 0 Å². The molecule has 1 aliphatic rings. The van der Waals surface area contributed by atoms with Gasteiger partial charge in [-0.3, -0.25) is 4.79 Å². The first-order valence-electron chi connectivity index (χ1n) is 9.15. The standard InChI is InChI=1S/C21H21N3O4/c1-15-7-9-18(10-8-15)27-14-20(25)24-11-16(12-24)21-22-19(28-23-21)13-26-17-5-3-2-4-6-17/h2-10,16H,11-14H2,1H3. The van der Waals surface area contributed by atoms with Crippen LogP contribution in [0, 0.1) is 6.92 Å². The van der Waals surface area contributed by atoms with Gasteiger partial charge in [0.1, 0.15) is 11.5 Å². The lowest BCUT2D eigenvalue weighted by Crippen LogP contribution is -2.50. The topological polar surface area (TPSA) is 77.7 Å². The molecule has 7 heteroatoms. The average molecular weight is 379 g/mol. The van der Waals surface area contributed by atoms with E-state index in [0.29, 0.717) is 30.6 Å². The minimum absolute atomic E-state index is 0.0260. The van der Waals surface area contributed by atoms with Crippen LogP contribution in [0.15, 0.2) is 59.1 Å². The summed E-state index contributed by atoms with van der Waals surface area (Å²) in [7, 11) is 0. The highest BCUT2D eigenvalue weighted by Gasteiger charge is 2.35. The molecule has 1 fully saturated rings. The SMILES string of the molecule is Cc1ccc(OCC(=O)N2CC(c3noc(COc4ccccc4)n3)C2)cc1. The van der Waals surface area contributed by atoms with Crippen molar-refractivity contribution >= 4 is 5.91 Å². The number of hydrogen-bond acceptors (Lipinski definition) is 6. The van der Waals surface area contributed by atoms with Crippen molar-refractivity contribution in [1.82, 2.24) is 15.0 Å². The van der Waals surface area contributed by atoms with E-state index in [1.807, 2.05) is 61.5 Å². The van der Waals surface area contributed by atoms with Gasteiger partial charge < -0.3 is 18.9 Å². The van der Waals surface area contributed by atoms with Crippen LogP contribution in [-0.4, -0.2) is 40.6 Å². The largest absolute Gasteiger partial charge is 0.484 e. The number of nitrogens with zero attached hydrogens (tertiary/aromatic N) is 3. The predicted octanol–water partition coefficient (Wildman–Crippen LogP) is 2.96. The smallest absolute Gasteiger partial charge is 0.264 e. The second-order valence-electron chi connectivity index (χ2n) is 6.75. The van der Waals surface area contributed by atoms with Gasteiger partial charge in [-0.05, 0) is 31.2 Å². The van der Waals surface area contributed by atoms with Gasteiger partial charge in [0.15, 0.2) is 19.0 Å². The highest BCUT2D eigenvalue weighted by molar-refractivity contribution is 5.78. The van der Waals surface area contributed by atoms with E-state index < -0.39 is 0 Å². The molecule has 0 spiro atoms. The third kappa shape index (κ3) is 4.31. The summed E-state index contributed by atoms with van der Waals surface area (Å²) in [5.74, 6) is 2.50. The van der Waals surface area contributed by atoms with Crippen LogP contribution in [0.2, 0.25) is 0 Å².